The van der Waals surface area contributed by atoms with Gasteiger partial charge in [0.25, 0.3) is 15.9 Å². The number of carbonyl (C=O) groups is 3. The SMILES string of the molecule is CCCC(C)C(=O)Nc1ccc(S(=O)(=O)NC(=O)c2ccc(OC(=O)OC(CC)CC)nc2)cc1. The Labute approximate surface area is 205 Å². The predicted octanol–water partition coefficient (Wildman–Crippen LogP) is 4.28. The number of rotatable bonds is 11. The molecule has 0 spiro atoms. The maximum Gasteiger partial charge on any atom is 0.515 e. The fourth-order valence-electron chi connectivity index (χ4n) is 3.06. The highest BCUT2D eigenvalue weighted by molar-refractivity contribution is 7.90. The first-order valence-corrected chi connectivity index (χ1v) is 12.9. The molecule has 0 fully saturated rings. The number of amides is 2. The highest BCUT2D eigenvalue weighted by atomic mass is 32.2. The van der Waals surface area contributed by atoms with Gasteiger partial charge in [0.1, 0.15) is 6.10 Å². The molecular formula is C24H31N3O7S. The molecule has 0 bridgehead atoms. The third-order valence-electron chi connectivity index (χ3n) is 5.19. The van der Waals surface area contributed by atoms with Gasteiger partial charge >= 0.3 is 6.16 Å². The minimum atomic E-state index is -4.17. The summed E-state index contributed by atoms with van der Waals surface area (Å²) in [6.45, 7) is 7.56. The highest BCUT2D eigenvalue weighted by Crippen LogP contribution is 2.17. The zero-order chi connectivity index (χ0) is 26.0. The second-order valence-electron chi connectivity index (χ2n) is 7.93. The summed E-state index contributed by atoms with van der Waals surface area (Å²) in [5.74, 6) is -1.32. The Morgan fingerprint density at radius 3 is 2.20 bits per heavy atom. The smallest absolute Gasteiger partial charge is 0.431 e. The van der Waals surface area contributed by atoms with Crippen molar-refractivity contribution in [1.29, 1.82) is 0 Å². The van der Waals surface area contributed by atoms with E-state index in [1.807, 2.05) is 32.4 Å². The molecule has 2 amide bonds. The number of pyridine rings is 1. The highest BCUT2D eigenvalue weighted by Gasteiger charge is 2.20. The minimum absolute atomic E-state index is 0.0527. The molecule has 1 heterocycles. The van der Waals surface area contributed by atoms with Gasteiger partial charge in [0.15, 0.2) is 0 Å². The van der Waals surface area contributed by atoms with Gasteiger partial charge in [0.05, 0.1) is 10.5 Å². The van der Waals surface area contributed by atoms with Crippen LogP contribution in [0, 0.1) is 5.92 Å². The molecule has 1 aromatic heterocycles. The van der Waals surface area contributed by atoms with E-state index in [0.717, 1.165) is 19.0 Å². The van der Waals surface area contributed by atoms with Gasteiger partial charge in [-0.1, -0.05) is 34.1 Å². The summed E-state index contributed by atoms with van der Waals surface area (Å²) in [5.41, 5.74) is 0.397. The van der Waals surface area contributed by atoms with Crippen LogP contribution in [0.4, 0.5) is 10.5 Å². The first-order chi connectivity index (χ1) is 16.6. The van der Waals surface area contributed by atoms with Crippen LogP contribution in [0.3, 0.4) is 0 Å². The molecule has 1 atom stereocenters. The zero-order valence-corrected chi connectivity index (χ0v) is 21.1. The average molecular weight is 506 g/mol. The van der Waals surface area contributed by atoms with E-state index in [9.17, 15) is 22.8 Å². The van der Waals surface area contributed by atoms with E-state index in [-0.39, 0.29) is 34.3 Å². The first-order valence-electron chi connectivity index (χ1n) is 11.4. The van der Waals surface area contributed by atoms with Crippen molar-refractivity contribution in [3.63, 3.8) is 0 Å². The Kier molecular flexibility index (Phi) is 10.2. The second-order valence-corrected chi connectivity index (χ2v) is 9.61. The van der Waals surface area contributed by atoms with E-state index in [1.54, 1.807) is 0 Å². The number of nitrogens with zero attached hydrogens (tertiary/aromatic N) is 1. The summed E-state index contributed by atoms with van der Waals surface area (Å²) in [7, 11) is -4.17. The molecule has 1 unspecified atom stereocenters. The average Bonchev–Trinajstić information content (AvgIpc) is 2.83. The van der Waals surface area contributed by atoms with Crippen molar-refractivity contribution < 1.29 is 32.3 Å². The Hall–Kier alpha value is -3.47. The van der Waals surface area contributed by atoms with Crippen molar-refractivity contribution in [3.8, 4) is 5.88 Å². The van der Waals surface area contributed by atoms with E-state index in [4.69, 9.17) is 9.47 Å². The van der Waals surface area contributed by atoms with Crippen LogP contribution in [0.5, 0.6) is 5.88 Å². The lowest BCUT2D eigenvalue weighted by molar-refractivity contribution is -0.119. The van der Waals surface area contributed by atoms with Crippen molar-refractivity contribution in [3.05, 3.63) is 48.2 Å². The number of sulfonamides is 1. The van der Waals surface area contributed by atoms with E-state index in [1.165, 1.54) is 36.4 Å². The largest absolute Gasteiger partial charge is 0.515 e. The molecule has 2 aromatic rings. The lowest BCUT2D eigenvalue weighted by Crippen LogP contribution is -2.30. The number of aromatic nitrogens is 1. The van der Waals surface area contributed by atoms with Gasteiger partial charge in [-0.15, -0.1) is 0 Å². The molecule has 2 N–H and O–H groups in total. The maximum absolute atomic E-state index is 12.6. The summed E-state index contributed by atoms with van der Waals surface area (Å²) >= 11 is 0. The Balaban J connectivity index is 1.99. The fraction of sp³-hybridized carbons (Fsp3) is 0.417. The van der Waals surface area contributed by atoms with Crippen LogP contribution in [0.1, 0.15) is 63.7 Å². The van der Waals surface area contributed by atoms with Crippen LogP contribution in [-0.4, -0.2) is 37.5 Å². The van der Waals surface area contributed by atoms with E-state index < -0.39 is 22.1 Å². The molecule has 0 aliphatic rings. The van der Waals surface area contributed by atoms with E-state index in [2.05, 4.69) is 10.3 Å². The van der Waals surface area contributed by atoms with E-state index >= 15 is 0 Å². The number of nitrogens with one attached hydrogen (secondary N) is 2. The normalized spacial score (nSPS) is 12.0. The van der Waals surface area contributed by atoms with Crippen LogP contribution < -0.4 is 14.8 Å². The number of hydrogen-bond acceptors (Lipinski definition) is 8. The van der Waals surface area contributed by atoms with Gasteiger partial charge in [0.2, 0.25) is 11.8 Å². The molecule has 11 heteroatoms. The number of hydrogen-bond donors (Lipinski definition) is 2. The zero-order valence-electron chi connectivity index (χ0n) is 20.2. The summed E-state index contributed by atoms with van der Waals surface area (Å²) in [6.07, 6.45) is 2.80. The van der Waals surface area contributed by atoms with Crippen LogP contribution in [-0.2, 0) is 19.6 Å². The molecule has 0 saturated carbocycles. The molecule has 0 aliphatic carbocycles. The Bertz CT molecular complexity index is 1110. The van der Waals surface area contributed by atoms with Gasteiger partial charge < -0.3 is 14.8 Å². The monoisotopic (exact) mass is 505 g/mol. The molecule has 190 valence electrons. The van der Waals surface area contributed by atoms with Crippen molar-refractivity contribution in [2.75, 3.05) is 5.32 Å². The minimum Gasteiger partial charge on any atom is -0.431 e. The quantitative estimate of drug-likeness (QED) is 0.431. The molecular weight excluding hydrogens is 474 g/mol. The summed E-state index contributed by atoms with van der Waals surface area (Å²) in [4.78, 5) is 40.0. The first kappa shape index (κ1) is 27.8. The lowest BCUT2D eigenvalue weighted by atomic mass is 10.1. The van der Waals surface area contributed by atoms with Gasteiger partial charge in [-0.2, -0.15) is 0 Å². The van der Waals surface area contributed by atoms with Crippen molar-refractivity contribution >= 4 is 33.7 Å². The van der Waals surface area contributed by atoms with Gasteiger partial charge in [-0.25, -0.2) is 22.9 Å². The van der Waals surface area contributed by atoms with Crippen LogP contribution in [0.2, 0.25) is 0 Å². The molecule has 1 aromatic carbocycles. The Morgan fingerprint density at radius 2 is 1.66 bits per heavy atom. The summed E-state index contributed by atoms with van der Waals surface area (Å²) in [6, 6.07) is 8.00. The molecule has 0 saturated heterocycles. The number of benzene rings is 1. The van der Waals surface area contributed by atoms with Crippen molar-refractivity contribution in [2.45, 2.75) is 64.4 Å². The third-order valence-corrected chi connectivity index (χ3v) is 6.54. The van der Waals surface area contributed by atoms with Crippen molar-refractivity contribution in [1.82, 2.24) is 9.71 Å². The molecule has 0 radical (unpaired) electrons. The third kappa shape index (κ3) is 8.36. The van der Waals surface area contributed by atoms with Crippen molar-refractivity contribution in [2.24, 2.45) is 5.92 Å². The predicted molar refractivity (Wildman–Crippen MR) is 130 cm³/mol. The summed E-state index contributed by atoms with van der Waals surface area (Å²) < 4.78 is 37.2. The van der Waals surface area contributed by atoms with Gasteiger partial charge in [-0.05, 0) is 49.6 Å². The van der Waals surface area contributed by atoms with Crippen LogP contribution in [0.15, 0.2) is 47.5 Å². The number of anilines is 1. The number of ether oxygens (including phenoxy) is 2. The number of carbonyl (C=O) groups excluding carboxylic acids is 3. The van der Waals surface area contributed by atoms with E-state index in [0.29, 0.717) is 18.5 Å². The molecule has 2 rings (SSSR count). The molecule has 35 heavy (non-hydrogen) atoms. The molecule has 10 nitrogen and oxygen atoms in total. The topological polar surface area (TPSA) is 141 Å². The Morgan fingerprint density at radius 1 is 1.00 bits per heavy atom. The standard InChI is InChI=1S/C24H31N3O7S/c1-5-8-16(4)22(28)26-18-10-12-20(13-11-18)35(31,32)27-23(29)17-9-14-21(25-15-17)34-24(30)33-19(6-2)7-3/h9-16,19H,5-8H2,1-4H3,(H,26,28)(H,27,29). The lowest BCUT2D eigenvalue weighted by Gasteiger charge is -2.13. The second kappa shape index (κ2) is 12.8. The van der Waals surface area contributed by atoms with Crippen LogP contribution >= 0.6 is 0 Å². The summed E-state index contributed by atoms with van der Waals surface area (Å²) in [5, 5.41) is 2.73. The maximum atomic E-state index is 12.6. The fourth-order valence-corrected chi connectivity index (χ4v) is 4.04. The van der Waals surface area contributed by atoms with Gasteiger partial charge in [0, 0.05) is 23.9 Å². The molecule has 0 aliphatic heterocycles. The van der Waals surface area contributed by atoms with Crippen LogP contribution in [0.25, 0.3) is 0 Å². The van der Waals surface area contributed by atoms with Gasteiger partial charge in [-0.3, -0.25) is 9.59 Å².